The van der Waals surface area contributed by atoms with E-state index in [-0.39, 0.29) is 0 Å². The molecule has 0 fully saturated rings. The maximum absolute atomic E-state index is 2.49. The second-order valence-electron chi connectivity index (χ2n) is 12.8. The smallest absolute Gasteiger partial charge is 0.00259 e. The van der Waals surface area contributed by atoms with Crippen LogP contribution in [0.25, 0.3) is 98.0 Å². The minimum atomic E-state index is 1.22. The summed E-state index contributed by atoms with van der Waals surface area (Å²) in [6, 6.07) is 67.2. The molecule has 222 valence electrons. The summed E-state index contributed by atoms with van der Waals surface area (Å²) >= 11 is 0. The maximum Gasteiger partial charge on any atom is -0.00259 e. The van der Waals surface area contributed by atoms with Gasteiger partial charge >= 0.3 is 0 Å². The molecule has 0 unspecified atom stereocenters. The number of fused-ring (bicyclic) bond motifs is 9. The monoisotopic (exact) mass is 606 g/mol. The van der Waals surface area contributed by atoms with Crippen LogP contribution in [0.1, 0.15) is 0 Å². The summed E-state index contributed by atoms with van der Waals surface area (Å²) in [6.45, 7) is 0. The van der Waals surface area contributed by atoms with Gasteiger partial charge in [0.2, 0.25) is 0 Å². The van der Waals surface area contributed by atoms with Crippen molar-refractivity contribution in [2.45, 2.75) is 0 Å². The van der Waals surface area contributed by atoms with Crippen LogP contribution in [-0.4, -0.2) is 0 Å². The van der Waals surface area contributed by atoms with Gasteiger partial charge in [0.1, 0.15) is 0 Å². The average Bonchev–Trinajstić information content (AvgIpc) is 3.16. The molecule has 0 radical (unpaired) electrons. The molecule has 0 nitrogen and oxygen atoms in total. The molecule has 0 spiro atoms. The molecule has 10 rings (SSSR count). The largest absolute Gasteiger partial charge is 0.0622 e. The van der Waals surface area contributed by atoms with E-state index in [4.69, 9.17) is 0 Å². The van der Waals surface area contributed by atoms with Crippen molar-refractivity contribution in [1.82, 2.24) is 0 Å². The van der Waals surface area contributed by atoms with Gasteiger partial charge in [0.25, 0.3) is 0 Å². The van der Waals surface area contributed by atoms with Crippen molar-refractivity contribution in [1.29, 1.82) is 0 Å². The Bertz CT molecular complexity index is 2850. The van der Waals surface area contributed by atoms with Crippen LogP contribution in [0, 0.1) is 0 Å². The first-order valence-electron chi connectivity index (χ1n) is 16.7. The van der Waals surface area contributed by atoms with Crippen molar-refractivity contribution in [3.8, 4) is 33.4 Å². The Morgan fingerprint density at radius 3 is 1.15 bits per heavy atom. The number of benzene rings is 10. The van der Waals surface area contributed by atoms with Gasteiger partial charge < -0.3 is 0 Å². The highest BCUT2D eigenvalue weighted by molar-refractivity contribution is 6.32. The van der Waals surface area contributed by atoms with Gasteiger partial charge in [-0.2, -0.15) is 0 Å². The van der Waals surface area contributed by atoms with Crippen LogP contribution in [0.2, 0.25) is 0 Å². The fourth-order valence-corrected chi connectivity index (χ4v) is 8.00. The Balaban J connectivity index is 1.46. The van der Waals surface area contributed by atoms with Gasteiger partial charge in [-0.1, -0.05) is 152 Å². The lowest BCUT2D eigenvalue weighted by molar-refractivity contribution is 1.63. The van der Waals surface area contributed by atoms with Crippen LogP contribution in [0.3, 0.4) is 0 Å². The molecule has 0 saturated carbocycles. The van der Waals surface area contributed by atoms with E-state index in [2.05, 4.69) is 182 Å². The molecule has 0 aliphatic carbocycles. The molecular weight excluding hydrogens is 577 g/mol. The molecule has 0 heterocycles. The van der Waals surface area contributed by atoms with Crippen LogP contribution in [0.5, 0.6) is 0 Å². The van der Waals surface area contributed by atoms with E-state index < -0.39 is 0 Å². The number of rotatable bonds is 3. The molecule has 0 aliphatic rings. The van der Waals surface area contributed by atoms with E-state index in [0.717, 1.165) is 0 Å². The summed E-state index contributed by atoms with van der Waals surface area (Å²) in [4.78, 5) is 0. The van der Waals surface area contributed by atoms with Crippen LogP contribution in [0.4, 0.5) is 0 Å². The van der Waals surface area contributed by atoms with Gasteiger partial charge in [-0.05, 0) is 128 Å². The Kier molecular flexibility index (Phi) is 5.98. The van der Waals surface area contributed by atoms with Gasteiger partial charge in [0.05, 0.1) is 0 Å². The quantitative estimate of drug-likeness (QED) is 0.139. The third-order valence-electron chi connectivity index (χ3n) is 10.2. The summed E-state index contributed by atoms with van der Waals surface area (Å²) in [7, 11) is 0. The molecule has 48 heavy (non-hydrogen) atoms. The molecule has 0 amide bonds. The standard InChI is InChI=1S/C48H30/c1-4-14-31(15-5-1)36-24-25-39-44(28-36)48(33-18-8-3-9-19-33)46-29-42-38-23-13-12-22-37(38)40-26-34-20-10-11-21-35(34)27-41(40)43(42)30-45(46)47(39)32-16-6-2-7-17-32/h1-30H. The van der Waals surface area contributed by atoms with Crippen molar-refractivity contribution < 1.29 is 0 Å². The highest BCUT2D eigenvalue weighted by Gasteiger charge is 2.20. The van der Waals surface area contributed by atoms with E-state index in [0.29, 0.717) is 0 Å². The van der Waals surface area contributed by atoms with Gasteiger partial charge in [-0.3, -0.25) is 0 Å². The Hall–Kier alpha value is -6.24. The molecule has 0 bridgehead atoms. The maximum atomic E-state index is 2.49. The molecule has 0 aromatic heterocycles. The fraction of sp³-hybridized carbons (Fsp3) is 0. The molecule has 0 heteroatoms. The highest BCUT2D eigenvalue weighted by atomic mass is 14.2. The van der Waals surface area contributed by atoms with Gasteiger partial charge in [-0.15, -0.1) is 0 Å². The zero-order valence-corrected chi connectivity index (χ0v) is 26.3. The minimum absolute atomic E-state index is 1.22. The van der Waals surface area contributed by atoms with E-state index in [1.165, 1.54) is 98.0 Å². The summed E-state index contributed by atoms with van der Waals surface area (Å²) < 4.78 is 0. The Labute approximate surface area is 279 Å². The molecular formula is C48H30. The first kappa shape index (κ1) is 26.9. The van der Waals surface area contributed by atoms with Crippen molar-refractivity contribution >= 4 is 64.6 Å². The lowest BCUT2D eigenvalue weighted by Crippen LogP contribution is -1.93. The van der Waals surface area contributed by atoms with Crippen LogP contribution in [0.15, 0.2) is 182 Å². The lowest BCUT2D eigenvalue weighted by Gasteiger charge is -2.21. The summed E-state index contributed by atoms with van der Waals surface area (Å²) in [6.07, 6.45) is 0. The second kappa shape index (κ2) is 10.7. The molecule has 0 saturated heterocycles. The first-order chi connectivity index (χ1) is 23.8. The minimum Gasteiger partial charge on any atom is -0.0622 e. The summed E-state index contributed by atoms with van der Waals surface area (Å²) in [5.41, 5.74) is 7.47. The van der Waals surface area contributed by atoms with E-state index >= 15 is 0 Å². The number of hydrogen-bond acceptors (Lipinski definition) is 0. The van der Waals surface area contributed by atoms with Gasteiger partial charge in [-0.25, -0.2) is 0 Å². The predicted octanol–water partition coefficient (Wildman–Crippen LogP) is 13.6. The molecule has 0 N–H and O–H groups in total. The topological polar surface area (TPSA) is 0 Å². The Morgan fingerprint density at radius 1 is 0.188 bits per heavy atom. The second-order valence-corrected chi connectivity index (χ2v) is 12.8. The molecule has 10 aromatic rings. The van der Waals surface area contributed by atoms with Crippen molar-refractivity contribution in [2.75, 3.05) is 0 Å². The van der Waals surface area contributed by atoms with Crippen LogP contribution in [-0.2, 0) is 0 Å². The highest BCUT2D eigenvalue weighted by Crippen LogP contribution is 2.48. The molecule has 0 atom stereocenters. The van der Waals surface area contributed by atoms with Crippen molar-refractivity contribution in [3.63, 3.8) is 0 Å². The zero-order chi connectivity index (χ0) is 31.6. The summed E-state index contributed by atoms with van der Waals surface area (Å²) in [5, 5.41) is 15.4. The average molecular weight is 607 g/mol. The van der Waals surface area contributed by atoms with Crippen molar-refractivity contribution in [3.05, 3.63) is 182 Å². The van der Waals surface area contributed by atoms with E-state index in [1.807, 2.05) is 0 Å². The third kappa shape index (κ3) is 4.10. The van der Waals surface area contributed by atoms with E-state index in [1.54, 1.807) is 0 Å². The number of hydrogen-bond donors (Lipinski definition) is 0. The van der Waals surface area contributed by atoms with Crippen LogP contribution < -0.4 is 0 Å². The normalized spacial score (nSPS) is 11.8. The molecule has 10 aromatic carbocycles. The van der Waals surface area contributed by atoms with Gasteiger partial charge in [0.15, 0.2) is 0 Å². The van der Waals surface area contributed by atoms with Crippen LogP contribution >= 0.6 is 0 Å². The lowest BCUT2D eigenvalue weighted by atomic mass is 9.82. The summed E-state index contributed by atoms with van der Waals surface area (Å²) in [5.74, 6) is 0. The SMILES string of the molecule is c1ccc(-c2ccc3c(-c4ccccc4)c4cc5c6cc7ccccc7cc6c6ccccc6c5cc4c(-c4ccccc4)c3c2)cc1. The first-order valence-corrected chi connectivity index (χ1v) is 16.7. The Morgan fingerprint density at radius 2 is 0.583 bits per heavy atom. The predicted molar refractivity (Wildman–Crippen MR) is 208 cm³/mol. The third-order valence-corrected chi connectivity index (χ3v) is 10.2. The van der Waals surface area contributed by atoms with Crippen molar-refractivity contribution in [2.24, 2.45) is 0 Å². The fourth-order valence-electron chi connectivity index (χ4n) is 8.00. The molecule has 0 aliphatic heterocycles. The van der Waals surface area contributed by atoms with Gasteiger partial charge in [0, 0.05) is 0 Å². The zero-order valence-electron chi connectivity index (χ0n) is 26.3. The van der Waals surface area contributed by atoms with E-state index in [9.17, 15) is 0 Å².